The van der Waals surface area contributed by atoms with Crippen LogP contribution < -0.4 is 5.32 Å². The van der Waals surface area contributed by atoms with Crippen LogP contribution in [-0.4, -0.2) is 69.5 Å². The lowest BCUT2D eigenvalue weighted by Crippen LogP contribution is -2.42. The molecule has 0 radical (unpaired) electrons. The number of hydrogen-bond donors (Lipinski definition) is 1. The van der Waals surface area contributed by atoms with Gasteiger partial charge in [-0.25, -0.2) is 8.42 Å². The van der Waals surface area contributed by atoms with Crippen molar-refractivity contribution in [3.8, 4) is 0 Å². The Hall–Kier alpha value is -2.20. The molecule has 1 atom stereocenters. The number of nitrogens with one attached hydrogen (secondary N) is 1. The van der Waals surface area contributed by atoms with Crippen molar-refractivity contribution in [1.82, 2.24) is 14.5 Å². The highest BCUT2D eigenvalue weighted by atomic mass is 32.2. The van der Waals surface area contributed by atoms with Gasteiger partial charge in [-0.15, -0.1) is 0 Å². The zero-order valence-electron chi connectivity index (χ0n) is 17.5. The molecule has 168 valence electrons. The molecule has 2 fully saturated rings. The number of morpholine rings is 1. The molecule has 1 aromatic carbocycles. The average molecular weight is 448 g/mol. The van der Waals surface area contributed by atoms with Crippen LogP contribution >= 0.6 is 0 Å². The van der Waals surface area contributed by atoms with Crippen molar-refractivity contribution < 1.29 is 22.4 Å². The summed E-state index contributed by atoms with van der Waals surface area (Å²) in [4.78, 5) is 15.4. The van der Waals surface area contributed by atoms with E-state index in [9.17, 15) is 13.2 Å². The molecule has 1 aromatic heterocycles. The molecule has 1 N–H and O–H groups in total. The Morgan fingerprint density at radius 2 is 1.74 bits per heavy atom. The summed E-state index contributed by atoms with van der Waals surface area (Å²) < 4.78 is 38.6. The van der Waals surface area contributed by atoms with Crippen LogP contribution in [0, 0.1) is 0 Å². The van der Waals surface area contributed by atoms with Gasteiger partial charge in [-0.05, 0) is 50.2 Å². The number of sulfonamides is 1. The van der Waals surface area contributed by atoms with E-state index in [0.29, 0.717) is 19.8 Å². The summed E-state index contributed by atoms with van der Waals surface area (Å²) in [6.07, 6.45) is 5.08. The smallest absolute Gasteiger partial charge is 0.252 e. The van der Waals surface area contributed by atoms with Crippen LogP contribution in [-0.2, 0) is 14.8 Å². The molecular formula is C22H29N3O5S. The highest BCUT2D eigenvalue weighted by Crippen LogP contribution is 2.25. The Morgan fingerprint density at radius 3 is 2.45 bits per heavy atom. The van der Waals surface area contributed by atoms with E-state index in [2.05, 4.69) is 10.2 Å². The summed E-state index contributed by atoms with van der Waals surface area (Å²) in [6.45, 7) is 3.52. The number of amides is 1. The van der Waals surface area contributed by atoms with Gasteiger partial charge in [0.05, 0.1) is 36.0 Å². The van der Waals surface area contributed by atoms with Crippen LogP contribution in [0.2, 0.25) is 0 Å². The highest BCUT2D eigenvalue weighted by molar-refractivity contribution is 7.89. The molecule has 2 aromatic rings. The largest absolute Gasteiger partial charge is 0.468 e. The molecule has 2 aliphatic rings. The van der Waals surface area contributed by atoms with Crippen molar-refractivity contribution in [1.29, 1.82) is 0 Å². The van der Waals surface area contributed by atoms with Crippen molar-refractivity contribution in [3.05, 3.63) is 54.0 Å². The van der Waals surface area contributed by atoms with E-state index in [1.807, 2.05) is 12.1 Å². The summed E-state index contributed by atoms with van der Waals surface area (Å²) >= 11 is 0. The van der Waals surface area contributed by atoms with Gasteiger partial charge in [-0.2, -0.15) is 4.31 Å². The van der Waals surface area contributed by atoms with Gasteiger partial charge in [0.2, 0.25) is 10.0 Å². The third-order valence-corrected chi connectivity index (χ3v) is 7.84. The molecule has 1 amide bonds. The van der Waals surface area contributed by atoms with Gasteiger partial charge in [0.15, 0.2) is 0 Å². The number of rotatable bonds is 7. The molecule has 0 bridgehead atoms. The van der Waals surface area contributed by atoms with Crippen LogP contribution in [0.3, 0.4) is 0 Å². The monoisotopic (exact) mass is 447 g/mol. The molecule has 4 rings (SSSR count). The van der Waals surface area contributed by atoms with Crippen molar-refractivity contribution in [2.45, 2.75) is 30.2 Å². The SMILES string of the molecule is O=C(NCC(c1ccco1)N1CCCCC1)c1ccccc1S(=O)(=O)N1CCOCC1. The normalized spacial score (nSPS) is 19.7. The number of nitrogens with zero attached hydrogens (tertiary/aromatic N) is 2. The van der Waals surface area contributed by atoms with Gasteiger partial charge in [-0.3, -0.25) is 9.69 Å². The average Bonchev–Trinajstić information content (AvgIpc) is 3.35. The Balaban J connectivity index is 1.52. The summed E-state index contributed by atoms with van der Waals surface area (Å²) in [5, 5.41) is 2.95. The summed E-state index contributed by atoms with van der Waals surface area (Å²) in [7, 11) is -3.78. The summed E-state index contributed by atoms with van der Waals surface area (Å²) in [6, 6.07) is 10.1. The molecule has 1 unspecified atom stereocenters. The number of furan rings is 1. The second-order valence-electron chi connectivity index (χ2n) is 7.85. The molecule has 2 aliphatic heterocycles. The van der Waals surface area contributed by atoms with Gasteiger partial charge < -0.3 is 14.5 Å². The maximum absolute atomic E-state index is 13.2. The van der Waals surface area contributed by atoms with Crippen LogP contribution in [0.15, 0.2) is 52.0 Å². The van der Waals surface area contributed by atoms with Gasteiger partial charge in [0, 0.05) is 19.6 Å². The third kappa shape index (κ3) is 5.01. The molecule has 0 spiro atoms. The van der Waals surface area contributed by atoms with Crippen molar-refractivity contribution in [3.63, 3.8) is 0 Å². The van der Waals surface area contributed by atoms with Crippen LogP contribution in [0.5, 0.6) is 0 Å². The maximum atomic E-state index is 13.2. The molecule has 9 heteroatoms. The van der Waals surface area contributed by atoms with Crippen LogP contribution in [0.1, 0.15) is 41.4 Å². The van der Waals surface area contributed by atoms with E-state index in [4.69, 9.17) is 9.15 Å². The zero-order chi connectivity index (χ0) is 21.7. The number of hydrogen-bond acceptors (Lipinski definition) is 6. The van der Waals surface area contributed by atoms with E-state index in [0.717, 1.165) is 31.7 Å². The summed E-state index contributed by atoms with van der Waals surface area (Å²) in [5.74, 6) is 0.400. The predicted octanol–water partition coefficient (Wildman–Crippen LogP) is 2.26. The lowest BCUT2D eigenvalue weighted by molar-refractivity contribution is 0.0729. The first-order chi connectivity index (χ1) is 15.1. The van der Waals surface area contributed by atoms with E-state index in [1.165, 1.54) is 16.8 Å². The lowest BCUT2D eigenvalue weighted by Gasteiger charge is -2.33. The highest BCUT2D eigenvalue weighted by Gasteiger charge is 2.31. The van der Waals surface area contributed by atoms with Gasteiger partial charge >= 0.3 is 0 Å². The fraction of sp³-hybridized carbons (Fsp3) is 0.500. The quantitative estimate of drug-likeness (QED) is 0.700. The molecule has 0 saturated carbocycles. The molecule has 0 aliphatic carbocycles. The second-order valence-corrected chi connectivity index (χ2v) is 9.76. The first-order valence-corrected chi connectivity index (χ1v) is 12.2. The Labute approximate surface area is 183 Å². The molecule has 8 nitrogen and oxygen atoms in total. The fourth-order valence-corrected chi connectivity index (χ4v) is 5.81. The zero-order valence-corrected chi connectivity index (χ0v) is 18.4. The molecular weight excluding hydrogens is 418 g/mol. The van der Waals surface area contributed by atoms with E-state index >= 15 is 0 Å². The van der Waals surface area contributed by atoms with Crippen LogP contribution in [0.4, 0.5) is 0 Å². The summed E-state index contributed by atoms with van der Waals surface area (Å²) in [5.41, 5.74) is 0.158. The predicted molar refractivity (Wildman–Crippen MR) is 115 cm³/mol. The standard InChI is InChI=1S/C22H29N3O5S/c26-22(23-17-19(20-8-6-14-30-20)24-10-4-1-5-11-24)18-7-2-3-9-21(18)31(27,28)25-12-15-29-16-13-25/h2-3,6-9,14,19H,1,4-5,10-13,15-17H2,(H,23,26). The minimum atomic E-state index is -3.78. The third-order valence-electron chi connectivity index (χ3n) is 5.88. The first kappa shape index (κ1) is 22.0. The number of carbonyl (C=O) groups excluding carboxylic acids is 1. The molecule has 2 saturated heterocycles. The van der Waals surface area contributed by atoms with Gasteiger partial charge in [-0.1, -0.05) is 18.6 Å². The minimum Gasteiger partial charge on any atom is -0.468 e. The van der Waals surface area contributed by atoms with Crippen LogP contribution in [0.25, 0.3) is 0 Å². The number of piperidine rings is 1. The van der Waals surface area contributed by atoms with Gasteiger partial charge in [0.1, 0.15) is 5.76 Å². The second kappa shape index (κ2) is 9.95. The number of benzene rings is 1. The van der Waals surface area contributed by atoms with Crippen molar-refractivity contribution in [2.75, 3.05) is 45.9 Å². The topological polar surface area (TPSA) is 92.1 Å². The van der Waals surface area contributed by atoms with E-state index in [-0.39, 0.29) is 29.6 Å². The first-order valence-electron chi connectivity index (χ1n) is 10.8. The van der Waals surface area contributed by atoms with E-state index < -0.39 is 15.9 Å². The van der Waals surface area contributed by atoms with Crippen molar-refractivity contribution in [2.24, 2.45) is 0 Å². The Morgan fingerprint density at radius 1 is 1.00 bits per heavy atom. The Kier molecular flexibility index (Phi) is 7.06. The number of likely N-dealkylation sites (tertiary alicyclic amines) is 1. The molecule has 3 heterocycles. The maximum Gasteiger partial charge on any atom is 0.252 e. The van der Waals surface area contributed by atoms with Crippen molar-refractivity contribution >= 4 is 15.9 Å². The number of carbonyl (C=O) groups is 1. The number of ether oxygens (including phenoxy) is 1. The van der Waals surface area contributed by atoms with Gasteiger partial charge in [0.25, 0.3) is 5.91 Å². The fourth-order valence-electron chi connectivity index (χ4n) is 4.21. The molecule has 31 heavy (non-hydrogen) atoms. The Bertz CT molecular complexity index is 965. The lowest BCUT2D eigenvalue weighted by atomic mass is 10.1. The minimum absolute atomic E-state index is 0.0296. The van der Waals surface area contributed by atoms with E-state index in [1.54, 1.807) is 24.5 Å².